The van der Waals surface area contributed by atoms with Gasteiger partial charge in [0.2, 0.25) is 5.91 Å². The molecule has 0 N–H and O–H groups in total. The van der Waals surface area contributed by atoms with E-state index < -0.39 is 0 Å². The molecule has 18 heavy (non-hydrogen) atoms. The molecular weight excluding hydrogens is 226 g/mol. The van der Waals surface area contributed by atoms with Crippen molar-refractivity contribution in [2.75, 3.05) is 19.7 Å². The lowest BCUT2D eigenvalue weighted by Crippen LogP contribution is -2.26. The molecule has 1 saturated heterocycles. The van der Waals surface area contributed by atoms with Crippen LogP contribution in [0.2, 0.25) is 0 Å². The number of rotatable bonds is 9. The summed E-state index contributed by atoms with van der Waals surface area (Å²) in [6, 6.07) is 0. The Balaban J connectivity index is 2.23. The zero-order valence-corrected chi connectivity index (χ0v) is 11.9. The maximum atomic E-state index is 11.8. The fourth-order valence-electron chi connectivity index (χ4n) is 2.41. The van der Waals surface area contributed by atoms with E-state index in [1.54, 1.807) is 0 Å². The van der Waals surface area contributed by atoms with Gasteiger partial charge in [-0.05, 0) is 13.3 Å². The first kappa shape index (κ1) is 15.1. The molecule has 1 rings (SSSR count). The minimum Gasteiger partial charge on any atom is -0.498 e. The second-order valence-corrected chi connectivity index (χ2v) is 5.05. The van der Waals surface area contributed by atoms with Crippen molar-refractivity contribution in [3.05, 3.63) is 12.3 Å². The van der Waals surface area contributed by atoms with Gasteiger partial charge in [0.25, 0.3) is 0 Å². The van der Waals surface area contributed by atoms with Crippen LogP contribution in [0.4, 0.5) is 0 Å². The van der Waals surface area contributed by atoms with Gasteiger partial charge in [0.05, 0.1) is 12.4 Å². The van der Waals surface area contributed by atoms with Crippen molar-refractivity contribution < 1.29 is 9.53 Å². The SMILES string of the molecule is C=C(OCC)C1CC(=O)N(CCCCCCC)C1. The smallest absolute Gasteiger partial charge is 0.223 e. The first-order valence-corrected chi connectivity index (χ1v) is 7.28. The van der Waals surface area contributed by atoms with Gasteiger partial charge in [0.15, 0.2) is 0 Å². The summed E-state index contributed by atoms with van der Waals surface area (Å²) in [5.74, 6) is 1.24. The highest BCUT2D eigenvalue weighted by Gasteiger charge is 2.31. The van der Waals surface area contributed by atoms with E-state index in [4.69, 9.17) is 4.74 Å². The summed E-state index contributed by atoms with van der Waals surface area (Å²) in [4.78, 5) is 13.8. The molecule has 1 fully saturated rings. The van der Waals surface area contributed by atoms with Crippen molar-refractivity contribution in [1.82, 2.24) is 4.90 Å². The molecule has 0 aromatic carbocycles. The number of unbranched alkanes of at least 4 members (excludes halogenated alkanes) is 4. The number of amides is 1. The minimum atomic E-state index is 0.202. The van der Waals surface area contributed by atoms with Crippen LogP contribution in [0.1, 0.15) is 52.4 Å². The molecular formula is C15H27NO2. The summed E-state index contributed by atoms with van der Waals surface area (Å²) < 4.78 is 5.41. The highest BCUT2D eigenvalue weighted by molar-refractivity contribution is 5.79. The molecule has 3 nitrogen and oxygen atoms in total. The normalized spacial score (nSPS) is 19.3. The Kier molecular flexibility index (Phi) is 6.84. The molecule has 1 unspecified atom stereocenters. The summed E-state index contributed by atoms with van der Waals surface area (Å²) in [6.07, 6.45) is 6.78. The molecule has 3 heteroatoms. The van der Waals surface area contributed by atoms with Gasteiger partial charge >= 0.3 is 0 Å². The van der Waals surface area contributed by atoms with E-state index >= 15 is 0 Å². The highest BCUT2D eigenvalue weighted by atomic mass is 16.5. The average molecular weight is 253 g/mol. The van der Waals surface area contributed by atoms with Gasteiger partial charge in [-0.2, -0.15) is 0 Å². The molecule has 1 heterocycles. The lowest BCUT2D eigenvalue weighted by Gasteiger charge is -2.17. The number of likely N-dealkylation sites (tertiary alicyclic amines) is 1. The maximum absolute atomic E-state index is 11.8. The predicted octanol–water partition coefficient (Wildman–Crippen LogP) is 3.36. The van der Waals surface area contributed by atoms with Crippen LogP contribution < -0.4 is 0 Å². The molecule has 1 aliphatic rings. The molecule has 0 aromatic heterocycles. The van der Waals surface area contributed by atoms with E-state index in [1.807, 2.05) is 11.8 Å². The second-order valence-electron chi connectivity index (χ2n) is 5.05. The zero-order valence-electron chi connectivity index (χ0n) is 11.9. The average Bonchev–Trinajstić information content (AvgIpc) is 2.71. The third-order valence-corrected chi connectivity index (χ3v) is 3.53. The van der Waals surface area contributed by atoms with Crippen molar-refractivity contribution in [2.24, 2.45) is 5.92 Å². The Labute approximate surface area is 111 Å². The van der Waals surface area contributed by atoms with Crippen LogP contribution in [-0.4, -0.2) is 30.5 Å². The number of hydrogen-bond acceptors (Lipinski definition) is 2. The Bertz CT molecular complexity index is 276. The Morgan fingerprint density at radius 3 is 2.72 bits per heavy atom. The van der Waals surface area contributed by atoms with Crippen LogP contribution in [0.3, 0.4) is 0 Å². The van der Waals surface area contributed by atoms with Crippen LogP contribution >= 0.6 is 0 Å². The molecule has 1 amide bonds. The molecule has 1 aliphatic heterocycles. The Morgan fingerprint density at radius 1 is 1.33 bits per heavy atom. The van der Waals surface area contributed by atoms with E-state index in [2.05, 4.69) is 13.5 Å². The van der Waals surface area contributed by atoms with Gasteiger partial charge < -0.3 is 9.64 Å². The second kappa shape index (κ2) is 8.17. The van der Waals surface area contributed by atoms with Crippen LogP contribution in [0.25, 0.3) is 0 Å². The van der Waals surface area contributed by atoms with Gasteiger partial charge in [-0.1, -0.05) is 39.2 Å². The Hall–Kier alpha value is -0.990. The van der Waals surface area contributed by atoms with E-state index in [-0.39, 0.29) is 11.8 Å². The van der Waals surface area contributed by atoms with E-state index in [0.29, 0.717) is 13.0 Å². The topological polar surface area (TPSA) is 29.5 Å². The molecule has 1 atom stereocenters. The van der Waals surface area contributed by atoms with Gasteiger partial charge in [-0.25, -0.2) is 0 Å². The van der Waals surface area contributed by atoms with Crippen molar-refractivity contribution in [3.63, 3.8) is 0 Å². The van der Waals surface area contributed by atoms with Crippen LogP contribution in [-0.2, 0) is 9.53 Å². The van der Waals surface area contributed by atoms with Gasteiger partial charge in [-0.15, -0.1) is 0 Å². The maximum Gasteiger partial charge on any atom is 0.223 e. The predicted molar refractivity (Wildman–Crippen MR) is 74.2 cm³/mol. The number of carbonyl (C=O) groups is 1. The van der Waals surface area contributed by atoms with E-state index in [0.717, 1.165) is 25.3 Å². The molecule has 0 saturated carbocycles. The number of hydrogen-bond donors (Lipinski definition) is 0. The van der Waals surface area contributed by atoms with Crippen LogP contribution in [0, 0.1) is 5.92 Å². The van der Waals surface area contributed by atoms with Crippen LogP contribution in [0.15, 0.2) is 12.3 Å². The minimum absolute atomic E-state index is 0.202. The fraction of sp³-hybridized carbons (Fsp3) is 0.800. The largest absolute Gasteiger partial charge is 0.498 e. The van der Waals surface area contributed by atoms with E-state index in [1.165, 1.54) is 25.7 Å². The highest BCUT2D eigenvalue weighted by Crippen LogP contribution is 2.24. The van der Waals surface area contributed by atoms with E-state index in [9.17, 15) is 4.79 Å². The monoisotopic (exact) mass is 253 g/mol. The summed E-state index contributed by atoms with van der Waals surface area (Å²) in [6.45, 7) is 10.4. The van der Waals surface area contributed by atoms with Crippen molar-refractivity contribution in [2.45, 2.75) is 52.4 Å². The summed E-state index contributed by atoms with van der Waals surface area (Å²) >= 11 is 0. The molecule has 104 valence electrons. The van der Waals surface area contributed by atoms with Crippen LogP contribution in [0.5, 0.6) is 0 Å². The number of ether oxygens (including phenoxy) is 1. The third kappa shape index (κ3) is 4.71. The summed E-state index contributed by atoms with van der Waals surface area (Å²) in [5.41, 5.74) is 0. The van der Waals surface area contributed by atoms with Gasteiger partial charge in [0.1, 0.15) is 0 Å². The van der Waals surface area contributed by atoms with Crippen molar-refractivity contribution >= 4 is 5.91 Å². The standard InChI is InChI=1S/C15H27NO2/c1-4-6-7-8-9-10-16-12-14(11-15(16)17)13(3)18-5-2/h14H,3-12H2,1-2H3. The lowest BCUT2D eigenvalue weighted by molar-refractivity contribution is -0.127. The number of carbonyl (C=O) groups excluding carboxylic acids is 1. The lowest BCUT2D eigenvalue weighted by atomic mass is 10.1. The molecule has 0 spiro atoms. The zero-order chi connectivity index (χ0) is 13.4. The summed E-state index contributed by atoms with van der Waals surface area (Å²) in [7, 11) is 0. The molecule has 0 aliphatic carbocycles. The van der Waals surface area contributed by atoms with Crippen molar-refractivity contribution in [3.8, 4) is 0 Å². The molecule has 0 aromatic rings. The Morgan fingerprint density at radius 2 is 2.06 bits per heavy atom. The third-order valence-electron chi connectivity index (χ3n) is 3.53. The number of nitrogens with zero attached hydrogens (tertiary/aromatic N) is 1. The quantitative estimate of drug-likeness (QED) is 0.466. The first-order chi connectivity index (χ1) is 8.69. The summed E-state index contributed by atoms with van der Waals surface area (Å²) in [5, 5.41) is 0. The van der Waals surface area contributed by atoms with Crippen molar-refractivity contribution in [1.29, 1.82) is 0 Å². The molecule has 0 bridgehead atoms. The van der Waals surface area contributed by atoms with Gasteiger partial charge in [-0.3, -0.25) is 4.79 Å². The van der Waals surface area contributed by atoms with Gasteiger partial charge in [0, 0.05) is 25.4 Å². The fourth-order valence-corrected chi connectivity index (χ4v) is 2.41. The first-order valence-electron chi connectivity index (χ1n) is 7.28. The molecule has 0 radical (unpaired) electrons.